The molecule has 3 aromatic rings. The van der Waals surface area contributed by atoms with Crippen molar-refractivity contribution in [3.63, 3.8) is 0 Å². The number of thiazole rings is 1. The SMILES string of the molecule is Cc1cccc2sc(N(CCN(C)C)C(=O)c3ccccc3S(C)(=O)=O)nc12. The second-order valence-corrected chi connectivity index (χ2v) is 9.94. The Kier molecular flexibility index (Phi) is 5.83. The number of sulfone groups is 1. The number of hydrogen-bond acceptors (Lipinski definition) is 6. The zero-order chi connectivity index (χ0) is 20.5. The lowest BCUT2D eigenvalue weighted by Gasteiger charge is -2.22. The molecule has 1 amide bonds. The summed E-state index contributed by atoms with van der Waals surface area (Å²) in [6, 6.07) is 12.2. The molecule has 0 saturated carbocycles. The molecule has 0 aliphatic rings. The molecule has 0 unspecified atom stereocenters. The van der Waals surface area contributed by atoms with E-state index in [0.29, 0.717) is 18.2 Å². The molecule has 0 atom stereocenters. The second-order valence-electron chi connectivity index (χ2n) is 6.95. The van der Waals surface area contributed by atoms with Gasteiger partial charge in [0, 0.05) is 19.3 Å². The number of anilines is 1. The largest absolute Gasteiger partial charge is 0.308 e. The molecule has 1 heterocycles. The average Bonchev–Trinajstić information content (AvgIpc) is 3.06. The monoisotopic (exact) mass is 417 g/mol. The van der Waals surface area contributed by atoms with Gasteiger partial charge in [-0.25, -0.2) is 13.4 Å². The highest BCUT2D eigenvalue weighted by Crippen LogP contribution is 2.32. The number of rotatable bonds is 6. The van der Waals surface area contributed by atoms with Gasteiger partial charge >= 0.3 is 0 Å². The van der Waals surface area contributed by atoms with Crippen molar-refractivity contribution in [3.8, 4) is 0 Å². The highest BCUT2D eigenvalue weighted by Gasteiger charge is 2.26. The van der Waals surface area contributed by atoms with E-state index in [0.717, 1.165) is 22.0 Å². The molecule has 0 radical (unpaired) electrons. The van der Waals surface area contributed by atoms with E-state index in [1.807, 2.05) is 44.1 Å². The van der Waals surface area contributed by atoms with Crippen LogP contribution in [0.25, 0.3) is 10.2 Å². The molecule has 8 heteroatoms. The Morgan fingerprint density at radius 1 is 1.07 bits per heavy atom. The molecule has 6 nitrogen and oxygen atoms in total. The number of benzene rings is 2. The molecular weight excluding hydrogens is 394 g/mol. The van der Waals surface area contributed by atoms with E-state index in [1.165, 1.54) is 17.4 Å². The molecule has 28 heavy (non-hydrogen) atoms. The summed E-state index contributed by atoms with van der Waals surface area (Å²) in [5.74, 6) is -0.361. The quantitative estimate of drug-likeness (QED) is 0.616. The van der Waals surface area contributed by atoms with Crippen LogP contribution in [0.3, 0.4) is 0 Å². The van der Waals surface area contributed by atoms with E-state index in [1.54, 1.807) is 23.1 Å². The van der Waals surface area contributed by atoms with Crippen molar-refractivity contribution in [2.24, 2.45) is 0 Å². The maximum Gasteiger partial charge on any atom is 0.261 e. The number of fused-ring (bicyclic) bond motifs is 1. The van der Waals surface area contributed by atoms with Crippen molar-refractivity contribution >= 4 is 42.4 Å². The van der Waals surface area contributed by atoms with Crippen molar-refractivity contribution in [3.05, 3.63) is 53.6 Å². The normalized spacial score (nSPS) is 11.9. The molecule has 3 rings (SSSR count). The van der Waals surface area contributed by atoms with Gasteiger partial charge in [0.05, 0.1) is 20.7 Å². The Bertz CT molecular complexity index is 1120. The molecule has 0 saturated heterocycles. The number of nitrogens with zero attached hydrogens (tertiary/aromatic N) is 3. The van der Waals surface area contributed by atoms with Crippen molar-refractivity contribution in [1.29, 1.82) is 0 Å². The first-order valence-corrected chi connectivity index (χ1v) is 11.5. The van der Waals surface area contributed by atoms with Crippen LogP contribution >= 0.6 is 11.3 Å². The average molecular weight is 418 g/mol. The van der Waals surface area contributed by atoms with Crippen LogP contribution in [0.15, 0.2) is 47.4 Å². The van der Waals surface area contributed by atoms with E-state index in [4.69, 9.17) is 0 Å². The summed E-state index contributed by atoms with van der Waals surface area (Å²) in [5.41, 5.74) is 2.07. The molecule has 0 N–H and O–H groups in total. The number of aryl methyl sites for hydroxylation is 1. The third-order valence-electron chi connectivity index (χ3n) is 4.37. The first-order chi connectivity index (χ1) is 13.2. The number of likely N-dealkylation sites (N-methyl/N-ethyl adjacent to an activating group) is 1. The number of hydrogen-bond donors (Lipinski definition) is 0. The standard InChI is InChI=1S/C20H23N3O3S2/c1-14-8-7-10-16-18(14)21-20(27-16)23(13-12-22(2)3)19(24)15-9-5-6-11-17(15)28(4,25)26/h5-11H,12-13H2,1-4H3. The van der Waals surface area contributed by atoms with Crippen LogP contribution in [0, 0.1) is 6.92 Å². The van der Waals surface area contributed by atoms with E-state index >= 15 is 0 Å². The smallest absolute Gasteiger partial charge is 0.261 e. The molecule has 148 valence electrons. The zero-order valence-corrected chi connectivity index (χ0v) is 18.0. The topological polar surface area (TPSA) is 70.6 Å². The molecule has 2 aromatic carbocycles. The van der Waals surface area contributed by atoms with Crippen molar-refractivity contribution < 1.29 is 13.2 Å². The maximum absolute atomic E-state index is 13.4. The fraction of sp³-hybridized carbons (Fsp3) is 0.300. The minimum Gasteiger partial charge on any atom is -0.308 e. The molecule has 0 spiro atoms. The molecule has 0 aliphatic heterocycles. The summed E-state index contributed by atoms with van der Waals surface area (Å²) < 4.78 is 25.3. The highest BCUT2D eigenvalue weighted by atomic mass is 32.2. The Morgan fingerprint density at radius 3 is 2.43 bits per heavy atom. The Morgan fingerprint density at radius 2 is 1.79 bits per heavy atom. The highest BCUT2D eigenvalue weighted by molar-refractivity contribution is 7.90. The zero-order valence-electron chi connectivity index (χ0n) is 16.3. The number of carbonyl (C=O) groups is 1. The lowest BCUT2D eigenvalue weighted by atomic mass is 10.2. The fourth-order valence-electron chi connectivity index (χ4n) is 2.89. The van der Waals surface area contributed by atoms with E-state index in [-0.39, 0.29) is 16.4 Å². The minimum atomic E-state index is -3.53. The van der Waals surface area contributed by atoms with Crippen LogP contribution in [0.2, 0.25) is 0 Å². The second kappa shape index (κ2) is 7.98. The molecule has 0 bridgehead atoms. The van der Waals surface area contributed by atoms with E-state index in [2.05, 4.69) is 4.98 Å². The van der Waals surface area contributed by atoms with Gasteiger partial charge in [-0.2, -0.15) is 0 Å². The van der Waals surface area contributed by atoms with E-state index < -0.39 is 9.84 Å². The Labute approximate surface area is 169 Å². The lowest BCUT2D eigenvalue weighted by Crippen LogP contribution is -2.37. The fourth-order valence-corrected chi connectivity index (χ4v) is 4.83. The third-order valence-corrected chi connectivity index (χ3v) is 6.57. The summed E-state index contributed by atoms with van der Waals surface area (Å²) in [5, 5.41) is 0.569. The summed E-state index contributed by atoms with van der Waals surface area (Å²) in [7, 11) is 0.321. The molecular formula is C20H23N3O3S2. The van der Waals surface area contributed by atoms with Crippen LogP contribution in [0.4, 0.5) is 5.13 Å². The predicted octanol–water partition coefficient (Wildman–Crippen LogP) is 3.22. The van der Waals surface area contributed by atoms with Gasteiger partial charge in [-0.1, -0.05) is 35.6 Å². The van der Waals surface area contributed by atoms with Crippen molar-refractivity contribution in [2.75, 3.05) is 38.3 Å². The van der Waals surface area contributed by atoms with E-state index in [9.17, 15) is 13.2 Å². The van der Waals surface area contributed by atoms with Gasteiger partial charge < -0.3 is 4.90 Å². The first kappa shape index (κ1) is 20.4. The van der Waals surface area contributed by atoms with Crippen LogP contribution < -0.4 is 4.90 Å². The van der Waals surface area contributed by atoms with Gasteiger partial charge in [0.25, 0.3) is 5.91 Å². The first-order valence-electron chi connectivity index (χ1n) is 8.80. The van der Waals surface area contributed by atoms with Crippen LogP contribution in [0.5, 0.6) is 0 Å². The number of para-hydroxylation sites is 1. The summed E-state index contributed by atoms with van der Waals surface area (Å²) >= 11 is 1.43. The minimum absolute atomic E-state index is 0.0344. The Hall–Kier alpha value is -2.29. The van der Waals surface area contributed by atoms with Gasteiger partial charge in [-0.05, 0) is 44.8 Å². The summed E-state index contributed by atoms with van der Waals surface area (Å²) in [6.07, 6.45) is 1.12. The van der Waals surface area contributed by atoms with Crippen LogP contribution in [0.1, 0.15) is 15.9 Å². The lowest BCUT2D eigenvalue weighted by molar-refractivity contribution is 0.0982. The van der Waals surface area contributed by atoms with Gasteiger partial charge in [-0.3, -0.25) is 9.69 Å². The number of carbonyl (C=O) groups excluding carboxylic acids is 1. The van der Waals surface area contributed by atoms with Gasteiger partial charge in [0.15, 0.2) is 15.0 Å². The predicted molar refractivity (Wildman–Crippen MR) is 114 cm³/mol. The molecule has 0 aliphatic carbocycles. The van der Waals surface area contributed by atoms with Crippen molar-refractivity contribution in [1.82, 2.24) is 9.88 Å². The third kappa shape index (κ3) is 4.24. The molecule has 1 aromatic heterocycles. The van der Waals surface area contributed by atoms with Crippen LogP contribution in [-0.4, -0.2) is 57.6 Å². The summed E-state index contributed by atoms with van der Waals surface area (Å²) in [6.45, 7) is 3.02. The number of aromatic nitrogens is 1. The maximum atomic E-state index is 13.4. The molecule has 0 fully saturated rings. The Balaban J connectivity index is 2.10. The van der Waals surface area contributed by atoms with Gasteiger partial charge in [0.1, 0.15) is 0 Å². The summed E-state index contributed by atoms with van der Waals surface area (Å²) in [4.78, 5) is 21.7. The van der Waals surface area contributed by atoms with Gasteiger partial charge in [-0.15, -0.1) is 0 Å². The van der Waals surface area contributed by atoms with Gasteiger partial charge in [0.2, 0.25) is 0 Å². The number of amides is 1. The van der Waals surface area contributed by atoms with Crippen LogP contribution in [-0.2, 0) is 9.84 Å². The van der Waals surface area contributed by atoms with Crippen molar-refractivity contribution in [2.45, 2.75) is 11.8 Å².